The van der Waals surface area contributed by atoms with Crippen molar-refractivity contribution >= 4 is 15.9 Å². The summed E-state index contributed by atoms with van der Waals surface area (Å²) in [5, 5.41) is 3.45. The zero-order valence-corrected chi connectivity index (χ0v) is 15.6. The predicted octanol–water partition coefficient (Wildman–Crippen LogP) is 2.72. The van der Waals surface area contributed by atoms with Crippen LogP contribution >= 0.6 is 15.9 Å². The van der Waals surface area contributed by atoms with E-state index in [2.05, 4.69) is 56.2 Å². The molecule has 0 spiro atoms. The molecule has 1 aromatic carbocycles. The molecule has 0 amide bonds. The van der Waals surface area contributed by atoms with Crippen LogP contribution in [0, 0.1) is 0 Å². The number of benzene rings is 1. The lowest BCUT2D eigenvalue weighted by Gasteiger charge is -2.32. The van der Waals surface area contributed by atoms with Crippen molar-refractivity contribution in [1.82, 2.24) is 15.1 Å². The van der Waals surface area contributed by atoms with Crippen molar-refractivity contribution in [3.63, 3.8) is 0 Å². The maximum absolute atomic E-state index is 5.93. The van der Waals surface area contributed by atoms with E-state index >= 15 is 0 Å². The Bertz CT molecular complexity index is 505. The van der Waals surface area contributed by atoms with Crippen LogP contribution < -0.4 is 10.1 Å². The molecule has 1 N–H and O–H groups in total. The maximum Gasteiger partial charge on any atom is 0.123 e. The van der Waals surface area contributed by atoms with Gasteiger partial charge in [-0.15, -0.1) is 0 Å². The zero-order chi connectivity index (χ0) is 16.1. The van der Waals surface area contributed by atoms with E-state index in [1.807, 2.05) is 0 Å². The largest absolute Gasteiger partial charge is 0.493 e. The fourth-order valence-corrected chi connectivity index (χ4v) is 3.97. The molecule has 2 fully saturated rings. The Balaban J connectivity index is 1.60. The van der Waals surface area contributed by atoms with Gasteiger partial charge in [0.05, 0.1) is 6.61 Å². The Morgan fingerprint density at radius 2 is 2.09 bits per heavy atom. The molecule has 1 aromatic rings. The van der Waals surface area contributed by atoms with Crippen molar-refractivity contribution in [2.24, 2.45) is 0 Å². The van der Waals surface area contributed by atoms with Gasteiger partial charge < -0.3 is 10.1 Å². The van der Waals surface area contributed by atoms with Crippen molar-refractivity contribution in [3.8, 4) is 5.75 Å². The smallest absolute Gasteiger partial charge is 0.123 e. The molecule has 0 bridgehead atoms. The minimum absolute atomic E-state index is 0.726. The molecule has 128 valence electrons. The highest BCUT2D eigenvalue weighted by molar-refractivity contribution is 9.10. The Hall–Kier alpha value is -0.620. The molecule has 0 aromatic heterocycles. The van der Waals surface area contributed by atoms with Gasteiger partial charge in [-0.25, -0.2) is 0 Å². The Kier molecular flexibility index (Phi) is 6.34. The Labute approximate surface area is 148 Å². The van der Waals surface area contributed by atoms with Crippen molar-refractivity contribution < 1.29 is 4.74 Å². The molecule has 4 nitrogen and oxygen atoms in total. The van der Waals surface area contributed by atoms with Gasteiger partial charge in [0.2, 0.25) is 0 Å². The summed E-state index contributed by atoms with van der Waals surface area (Å²) >= 11 is 3.60. The quantitative estimate of drug-likeness (QED) is 0.819. The van der Waals surface area contributed by atoms with Crippen molar-refractivity contribution in [3.05, 3.63) is 28.2 Å². The minimum atomic E-state index is 0.726. The van der Waals surface area contributed by atoms with Gasteiger partial charge >= 0.3 is 0 Å². The lowest BCUT2D eigenvalue weighted by atomic mass is 10.2. The number of ether oxygens (including phenoxy) is 1. The van der Waals surface area contributed by atoms with Crippen LogP contribution in [0.15, 0.2) is 22.7 Å². The van der Waals surface area contributed by atoms with Crippen LogP contribution in [0.2, 0.25) is 0 Å². The van der Waals surface area contributed by atoms with E-state index in [0.717, 1.165) is 48.9 Å². The van der Waals surface area contributed by atoms with Crippen LogP contribution in [-0.2, 0) is 6.54 Å². The van der Waals surface area contributed by atoms with Gasteiger partial charge in [0.25, 0.3) is 0 Å². The Morgan fingerprint density at radius 3 is 2.87 bits per heavy atom. The fraction of sp³-hybridized carbons (Fsp3) is 0.667. The lowest BCUT2D eigenvalue weighted by molar-refractivity contribution is 0.170. The van der Waals surface area contributed by atoms with E-state index in [-0.39, 0.29) is 0 Å². The van der Waals surface area contributed by atoms with E-state index in [9.17, 15) is 0 Å². The van der Waals surface area contributed by atoms with Gasteiger partial charge in [-0.1, -0.05) is 22.9 Å². The van der Waals surface area contributed by atoms with Gasteiger partial charge in [-0.05, 0) is 31.0 Å². The maximum atomic E-state index is 5.93. The summed E-state index contributed by atoms with van der Waals surface area (Å²) in [7, 11) is 0. The summed E-state index contributed by atoms with van der Waals surface area (Å²) in [5.41, 5.74) is 1.30. The number of halogens is 1. The summed E-state index contributed by atoms with van der Waals surface area (Å²) in [4.78, 5) is 5.24. The summed E-state index contributed by atoms with van der Waals surface area (Å²) in [5.74, 6) is 1.04. The normalized spacial score (nSPS) is 23.3. The van der Waals surface area contributed by atoms with Crippen LogP contribution in [-0.4, -0.2) is 61.7 Å². The molecule has 2 heterocycles. The molecule has 2 saturated heterocycles. The second-order valence-corrected chi connectivity index (χ2v) is 7.48. The first-order valence-electron chi connectivity index (χ1n) is 8.84. The van der Waals surface area contributed by atoms with Gasteiger partial charge in [-0.2, -0.15) is 0 Å². The van der Waals surface area contributed by atoms with Crippen LogP contribution in [0.5, 0.6) is 5.75 Å². The number of nitrogens with one attached hydrogen (secondary N) is 1. The third-order valence-electron chi connectivity index (χ3n) is 4.79. The standard InChI is InChI=1S/C18H28BrN3O/c1-2-11-23-18-4-3-16(19)12-15(18)13-21-8-5-17(14-21)22-9-6-20-7-10-22/h3-4,12,17,20H,2,5-11,13-14H2,1H3. The highest BCUT2D eigenvalue weighted by Crippen LogP contribution is 2.27. The number of likely N-dealkylation sites (tertiary alicyclic amines) is 1. The molecule has 1 atom stereocenters. The van der Waals surface area contributed by atoms with Gasteiger partial charge in [0.15, 0.2) is 0 Å². The highest BCUT2D eigenvalue weighted by atomic mass is 79.9. The molecular weight excluding hydrogens is 354 g/mol. The van der Waals surface area contributed by atoms with Gasteiger partial charge in [0.1, 0.15) is 5.75 Å². The van der Waals surface area contributed by atoms with E-state index in [1.54, 1.807) is 0 Å². The Morgan fingerprint density at radius 1 is 1.26 bits per heavy atom. The minimum Gasteiger partial charge on any atom is -0.493 e. The van der Waals surface area contributed by atoms with E-state index in [0.29, 0.717) is 0 Å². The first kappa shape index (κ1) is 17.2. The second-order valence-electron chi connectivity index (χ2n) is 6.56. The third kappa shape index (κ3) is 4.69. The van der Waals surface area contributed by atoms with Crippen LogP contribution in [0.25, 0.3) is 0 Å². The number of nitrogens with zero attached hydrogens (tertiary/aromatic N) is 2. The zero-order valence-electron chi connectivity index (χ0n) is 14.1. The number of piperazine rings is 1. The van der Waals surface area contributed by atoms with Crippen molar-refractivity contribution in [1.29, 1.82) is 0 Å². The summed E-state index contributed by atoms with van der Waals surface area (Å²) in [6.07, 6.45) is 2.34. The summed E-state index contributed by atoms with van der Waals surface area (Å²) < 4.78 is 7.06. The third-order valence-corrected chi connectivity index (χ3v) is 5.29. The van der Waals surface area contributed by atoms with E-state index in [1.165, 1.54) is 38.2 Å². The summed E-state index contributed by atoms with van der Waals surface area (Å²) in [6.45, 7) is 11.0. The van der Waals surface area contributed by atoms with Gasteiger partial charge in [0, 0.05) is 61.9 Å². The first-order chi connectivity index (χ1) is 11.3. The average molecular weight is 382 g/mol. The topological polar surface area (TPSA) is 27.7 Å². The lowest BCUT2D eigenvalue weighted by Crippen LogP contribution is -2.49. The molecule has 2 aliphatic rings. The predicted molar refractivity (Wildman–Crippen MR) is 98.1 cm³/mol. The average Bonchev–Trinajstić information content (AvgIpc) is 3.03. The van der Waals surface area contributed by atoms with E-state index < -0.39 is 0 Å². The molecule has 0 saturated carbocycles. The highest BCUT2D eigenvalue weighted by Gasteiger charge is 2.28. The molecule has 0 radical (unpaired) electrons. The molecule has 23 heavy (non-hydrogen) atoms. The molecule has 5 heteroatoms. The SMILES string of the molecule is CCCOc1ccc(Br)cc1CN1CCC(N2CCNCC2)C1. The fourth-order valence-electron chi connectivity index (χ4n) is 3.57. The molecule has 3 rings (SSSR count). The number of hydrogen-bond donors (Lipinski definition) is 1. The van der Waals surface area contributed by atoms with Crippen molar-refractivity contribution in [2.75, 3.05) is 45.9 Å². The van der Waals surface area contributed by atoms with Crippen LogP contribution in [0.3, 0.4) is 0 Å². The molecule has 2 aliphatic heterocycles. The number of rotatable bonds is 6. The van der Waals surface area contributed by atoms with E-state index in [4.69, 9.17) is 4.74 Å². The van der Waals surface area contributed by atoms with Gasteiger partial charge in [-0.3, -0.25) is 9.80 Å². The van der Waals surface area contributed by atoms with Crippen LogP contribution in [0.4, 0.5) is 0 Å². The summed E-state index contributed by atoms with van der Waals surface area (Å²) in [6, 6.07) is 7.11. The first-order valence-corrected chi connectivity index (χ1v) is 9.64. The molecule has 0 aliphatic carbocycles. The van der Waals surface area contributed by atoms with Crippen LogP contribution in [0.1, 0.15) is 25.3 Å². The molecule has 1 unspecified atom stereocenters. The second kappa shape index (κ2) is 8.47. The monoisotopic (exact) mass is 381 g/mol. The molecular formula is C18H28BrN3O. The number of hydrogen-bond acceptors (Lipinski definition) is 4. The van der Waals surface area contributed by atoms with Crippen molar-refractivity contribution in [2.45, 2.75) is 32.4 Å².